The lowest BCUT2D eigenvalue weighted by molar-refractivity contribution is -0.366. The third-order valence-electron chi connectivity index (χ3n) is 12.2. The summed E-state index contributed by atoms with van der Waals surface area (Å²) in [5.74, 6) is -7.04. The zero-order valence-electron chi connectivity index (χ0n) is 38.8. The Morgan fingerprint density at radius 2 is 1.64 bits per heavy atom. The van der Waals surface area contributed by atoms with E-state index < -0.39 is 103 Å². The predicted molar refractivity (Wildman–Crippen MR) is 244 cm³/mol. The molecule has 364 valence electrons. The standard InChI is InChI=1S/C50H69NO15/c1-8-9-13-24-40-49(5,6)47(65-42(56)27-34-21-14-12-15-22-34)46(58)50(60,66-40)35(30-62-43-29-37(53)44(57)33(4)63-43)48(59)51-26-19-18-20-31(2)45(61-7)32(3)39-28-36(52)38(64-39)23-16-10-11-17-25-41(54)55/h8-25,32-33,35-40,43-47,52-53,57-58,60H,26-30H2,1-7H3,(H,51,59)(H,54,55)/t32-,33-,35+,36+,37-,38-,39+,40-,43+,44+,45+,46+,47-,50+/m0/s1. The fraction of sp³-hybridized carbons (Fsp3) is 0.540. The first-order valence-electron chi connectivity index (χ1n) is 22.3. The van der Waals surface area contributed by atoms with Crippen LogP contribution in [0.15, 0.2) is 115 Å². The molecule has 66 heavy (non-hydrogen) atoms. The SMILES string of the molecule is CC=CC=C[C@@H]1O[C@](O)([C@H](CO[C@H]2C[C@H](O)[C@H](O)[C@H](C)O2)C(=O)NCC=CC=C(C)[C@@H](OC)[C@@H](C)[C@H]2C[C@@H](O)[C@H](C=CC=CC=CC(=O)O)O2)[C@H](O)[C@H](OC(=O)Cc2ccccc2)C1(C)C. The van der Waals surface area contributed by atoms with Gasteiger partial charge in [-0.25, -0.2) is 4.79 Å². The summed E-state index contributed by atoms with van der Waals surface area (Å²) in [6.45, 7) is 10.0. The Morgan fingerprint density at radius 3 is 2.30 bits per heavy atom. The van der Waals surface area contributed by atoms with Gasteiger partial charge >= 0.3 is 11.9 Å². The number of amides is 1. The van der Waals surface area contributed by atoms with Gasteiger partial charge in [0.15, 0.2) is 6.29 Å². The lowest BCUT2D eigenvalue weighted by Crippen LogP contribution is -2.70. The molecule has 0 bridgehead atoms. The number of benzene rings is 1. The molecule has 0 aromatic heterocycles. The smallest absolute Gasteiger partial charge is 0.328 e. The number of nitrogens with one attached hydrogen (secondary N) is 1. The van der Waals surface area contributed by atoms with E-state index in [9.17, 15) is 39.9 Å². The van der Waals surface area contributed by atoms with Crippen LogP contribution in [-0.4, -0.2) is 142 Å². The minimum atomic E-state index is -2.71. The molecule has 3 aliphatic heterocycles. The molecule has 7 N–H and O–H groups in total. The molecule has 0 unspecified atom stereocenters. The monoisotopic (exact) mass is 923 g/mol. The lowest BCUT2D eigenvalue weighted by Gasteiger charge is -2.54. The molecule has 3 fully saturated rings. The van der Waals surface area contributed by atoms with Crippen LogP contribution in [0, 0.1) is 17.3 Å². The molecule has 1 amide bonds. The maximum Gasteiger partial charge on any atom is 0.328 e. The summed E-state index contributed by atoms with van der Waals surface area (Å²) in [4.78, 5) is 38.3. The van der Waals surface area contributed by atoms with Gasteiger partial charge in [-0.15, -0.1) is 0 Å². The Kier molecular flexibility index (Phi) is 20.9. The van der Waals surface area contributed by atoms with Crippen molar-refractivity contribution in [1.82, 2.24) is 5.32 Å². The summed E-state index contributed by atoms with van der Waals surface area (Å²) in [5, 5.41) is 67.5. The minimum absolute atomic E-state index is 0.0432. The number of aliphatic carboxylic acids is 1. The van der Waals surface area contributed by atoms with E-state index in [0.717, 1.165) is 11.6 Å². The van der Waals surface area contributed by atoms with E-state index in [1.807, 2.05) is 32.9 Å². The first kappa shape index (κ1) is 54.0. The largest absolute Gasteiger partial charge is 0.478 e. The van der Waals surface area contributed by atoms with Crippen molar-refractivity contribution in [3.63, 3.8) is 0 Å². The van der Waals surface area contributed by atoms with E-state index in [4.69, 9.17) is 33.5 Å². The molecule has 0 aliphatic carbocycles. The summed E-state index contributed by atoms with van der Waals surface area (Å²) < 4.78 is 36.0. The minimum Gasteiger partial charge on any atom is -0.478 e. The molecule has 16 nitrogen and oxygen atoms in total. The van der Waals surface area contributed by atoms with Crippen molar-refractivity contribution in [2.45, 2.75) is 134 Å². The topological polar surface area (TPSA) is 240 Å². The predicted octanol–water partition coefficient (Wildman–Crippen LogP) is 3.78. The van der Waals surface area contributed by atoms with Gasteiger partial charge in [-0.1, -0.05) is 124 Å². The molecule has 1 aromatic carbocycles. The molecule has 3 aliphatic rings. The van der Waals surface area contributed by atoms with Crippen molar-refractivity contribution in [3.05, 3.63) is 120 Å². The summed E-state index contributed by atoms with van der Waals surface area (Å²) >= 11 is 0. The molecule has 4 rings (SSSR count). The van der Waals surface area contributed by atoms with Crippen molar-refractivity contribution in [2.75, 3.05) is 20.3 Å². The number of carboxylic acids is 1. The number of ether oxygens (including phenoxy) is 6. The normalized spacial score (nSPS) is 32.2. The van der Waals surface area contributed by atoms with Gasteiger partial charge in [-0.3, -0.25) is 9.59 Å². The number of carbonyl (C=O) groups excluding carboxylic acids is 2. The third kappa shape index (κ3) is 14.7. The van der Waals surface area contributed by atoms with Crippen LogP contribution in [0.1, 0.15) is 59.9 Å². The van der Waals surface area contributed by atoms with Crippen LogP contribution in [0.4, 0.5) is 0 Å². The van der Waals surface area contributed by atoms with Crippen LogP contribution in [-0.2, 0) is 49.2 Å². The summed E-state index contributed by atoms with van der Waals surface area (Å²) in [6, 6.07) is 8.90. The number of carboxylic acid groups (broad SMARTS) is 1. The van der Waals surface area contributed by atoms with Crippen molar-refractivity contribution < 1.29 is 73.4 Å². The highest BCUT2D eigenvalue weighted by molar-refractivity contribution is 5.80. The van der Waals surface area contributed by atoms with Crippen LogP contribution in [0.5, 0.6) is 0 Å². The van der Waals surface area contributed by atoms with Crippen LogP contribution >= 0.6 is 0 Å². The molecule has 0 saturated carbocycles. The molecular weight excluding hydrogens is 855 g/mol. The molecule has 3 saturated heterocycles. The molecule has 14 atom stereocenters. The van der Waals surface area contributed by atoms with Crippen LogP contribution in [0.2, 0.25) is 0 Å². The van der Waals surface area contributed by atoms with Gasteiger partial charge in [0, 0.05) is 43.9 Å². The Balaban J connectivity index is 1.53. The molecule has 16 heteroatoms. The zero-order valence-corrected chi connectivity index (χ0v) is 38.8. The van der Waals surface area contributed by atoms with Crippen molar-refractivity contribution in [3.8, 4) is 0 Å². The second-order valence-corrected chi connectivity index (χ2v) is 17.5. The summed E-state index contributed by atoms with van der Waals surface area (Å²) in [5.41, 5.74) is 0.375. The van der Waals surface area contributed by atoms with Gasteiger partial charge in [-0.05, 0) is 31.9 Å². The van der Waals surface area contributed by atoms with Crippen molar-refractivity contribution >= 4 is 17.8 Å². The van der Waals surface area contributed by atoms with Crippen molar-refractivity contribution in [1.29, 1.82) is 0 Å². The molecule has 0 radical (unpaired) electrons. The van der Waals surface area contributed by atoms with Gasteiger partial charge in [-0.2, -0.15) is 0 Å². The van der Waals surface area contributed by atoms with E-state index >= 15 is 0 Å². The van der Waals surface area contributed by atoms with E-state index in [0.29, 0.717) is 12.0 Å². The highest BCUT2D eigenvalue weighted by atomic mass is 16.7. The number of aliphatic hydroxyl groups excluding tert-OH is 4. The van der Waals surface area contributed by atoms with Gasteiger partial charge in [0.2, 0.25) is 11.7 Å². The van der Waals surface area contributed by atoms with Crippen LogP contribution < -0.4 is 5.32 Å². The zero-order chi connectivity index (χ0) is 48.6. The van der Waals surface area contributed by atoms with Gasteiger partial charge in [0.25, 0.3) is 0 Å². The first-order chi connectivity index (χ1) is 31.3. The average Bonchev–Trinajstić information content (AvgIpc) is 3.64. The molecule has 3 heterocycles. The highest BCUT2D eigenvalue weighted by Crippen LogP contribution is 2.46. The molecule has 0 spiro atoms. The lowest BCUT2D eigenvalue weighted by atomic mass is 9.71. The van der Waals surface area contributed by atoms with Gasteiger partial charge < -0.3 is 64.4 Å². The number of rotatable bonds is 21. The van der Waals surface area contributed by atoms with Crippen LogP contribution in [0.25, 0.3) is 0 Å². The van der Waals surface area contributed by atoms with Crippen LogP contribution in [0.3, 0.4) is 0 Å². The summed E-state index contributed by atoms with van der Waals surface area (Å²) in [7, 11) is 1.58. The Bertz CT molecular complexity index is 1930. The Morgan fingerprint density at radius 1 is 0.939 bits per heavy atom. The number of aliphatic hydroxyl groups is 5. The van der Waals surface area contributed by atoms with E-state index in [2.05, 4.69) is 5.32 Å². The van der Waals surface area contributed by atoms with E-state index in [1.54, 1.807) is 113 Å². The number of hydrogen-bond donors (Lipinski definition) is 7. The quantitative estimate of drug-likeness (QED) is 0.0528. The molecular formula is C50H69NO15. The number of allylic oxidation sites excluding steroid dienone is 9. The number of esters is 1. The van der Waals surface area contributed by atoms with Gasteiger partial charge in [0.05, 0.1) is 49.7 Å². The number of methoxy groups -OCH3 is 1. The second-order valence-electron chi connectivity index (χ2n) is 17.5. The molecule has 1 aromatic rings. The summed E-state index contributed by atoms with van der Waals surface area (Å²) in [6.07, 6.45) is 10.5. The number of hydrogen-bond acceptors (Lipinski definition) is 14. The Labute approximate surface area is 387 Å². The Hall–Kier alpha value is -4.59. The highest BCUT2D eigenvalue weighted by Gasteiger charge is 2.63. The second kappa shape index (κ2) is 25.5. The fourth-order valence-electron chi connectivity index (χ4n) is 8.29. The maximum atomic E-state index is 14.3. The average molecular weight is 924 g/mol. The number of carbonyl (C=O) groups is 3. The maximum absolute atomic E-state index is 14.3. The van der Waals surface area contributed by atoms with Gasteiger partial charge in [0.1, 0.15) is 30.3 Å². The van der Waals surface area contributed by atoms with E-state index in [-0.39, 0.29) is 31.4 Å². The van der Waals surface area contributed by atoms with Crippen molar-refractivity contribution in [2.24, 2.45) is 17.3 Å². The fourth-order valence-corrected chi connectivity index (χ4v) is 8.29. The third-order valence-corrected chi connectivity index (χ3v) is 12.2. The first-order valence-corrected chi connectivity index (χ1v) is 22.3. The van der Waals surface area contributed by atoms with E-state index in [1.165, 1.54) is 6.08 Å².